The number of hydrogen-bond donors (Lipinski definition) is 3. The van der Waals surface area contributed by atoms with Crippen LogP contribution < -0.4 is 5.73 Å². The Kier molecular flexibility index (Phi) is 6.43. The lowest BCUT2D eigenvalue weighted by atomic mass is 9.88. The van der Waals surface area contributed by atoms with Crippen LogP contribution in [0.5, 0.6) is 11.5 Å². The number of benzene rings is 1. The zero-order valence-corrected chi connectivity index (χ0v) is 13.8. The summed E-state index contributed by atoms with van der Waals surface area (Å²) in [6.45, 7) is 1.96. The normalized spacial score (nSPS) is 21.5. The van der Waals surface area contributed by atoms with Crippen LogP contribution in [0, 0.1) is 5.92 Å². The molecule has 0 bridgehead atoms. The minimum absolute atomic E-state index is 0.0374. The van der Waals surface area contributed by atoms with Crippen LogP contribution in [-0.2, 0) is 20.8 Å². The Labute approximate surface area is 141 Å². The third kappa shape index (κ3) is 5.42. The van der Waals surface area contributed by atoms with E-state index < -0.39 is 5.97 Å². The zero-order chi connectivity index (χ0) is 17.5. The molecule has 2 atom stereocenters. The number of oxime groups is 1. The van der Waals surface area contributed by atoms with Gasteiger partial charge in [-0.2, -0.15) is 0 Å². The summed E-state index contributed by atoms with van der Waals surface area (Å²) in [5.41, 5.74) is 6.15. The molecule has 24 heavy (non-hydrogen) atoms. The predicted octanol–water partition coefficient (Wildman–Crippen LogP) is 2.05. The van der Waals surface area contributed by atoms with Crippen LogP contribution in [0.1, 0.15) is 38.2 Å². The summed E-state index contributed by atoms with van der Waals surface area (Å²) in [7, 11) is 0. The number of phenols is 2. The van der Waals surface area contributed by atoms with Gasteiger partial charge in [0, 0.05) is 18.1 Å². The molecule has 1 aromatic carbocycles. The van der Waals surface area contributed by atoms with Crippen LogP contribution in [0.2, 0.25) is 0 Å². The molecule has 132 valence electrons. The summed E-state index contributed by atoms with van der Waals surface area (Å²) in [6, 6.07) is 4.14. The van der Waals surface area contributed by atoms with Crippen LogP contribution >= 0.6 is 0 Å². The number of hydrogen-bond acceptors (Lipinski definition) is 6. The molecule has 0 aliphatic heterocycles. The van der Waals surface area contributed by atoms with E-state index in [1.54, 1.807) is 0 Å². The average Bonchev–Trinajstić information content (AvgIpc) is 2.55. The molecular weight excluding hydrogens is 312 g/mol. The monoisotopic (exact) mass is 336 g/mol. The first-order chi connectivity index (χ1) is 11.5. The van der Waals surface area contributed by atoms with E-state index in [0.29, 0.717) is 11.5 Å². The number of carbonyl (C=O) groups excluding carboxylic acids is 1. The molecule has 1 aliphatic carbocycles. The molecule has 1 aromatic rings. The van der Waals surface area contributed by atoms with Gasteiger partial charge in [-0.05, 0) is 24.8 Å². The van der Waals surface area contributed by atoms with Crippen molar-refractivity contribution in [1.82, 2.24) is 0 Å². The zero-order valence-electron chi connectivity index (χ0n) is 13.8. The fourth-order valence-electron chi connectivity index (χ4n) is 2.77. The Hall–Kier alpha value is -2.28. The number of amidine groups is 1. The van der Waals surface area contributed by atoms with Gasteiger partial charge in [-0.25, -0.2) is 4.79 Å². The first-order valence-corrected chi connectivity index (χ1v) is 8.10. The summed E-state index contributed by atoms with van der Waals surface area (Å²) >= 11 is 0. The Morgan fingerprint density at radius 2 is 2.08 bits per heavy atom. The van der Waals surface area contributed by atoms with Crippen LogP contribution in [-0.4, -0.2) is 34.7 Å². The van der Waals surface area contributed by atoms with Gasteiger partial charge < -0.3 is 25.5 Å². The van der Waals surface area contributed by atoms with Crippen LogP contribution in [0.15, 0.2) is 23.4 Å². The van der Waals surface area contributed by atoms with Crippen LogP contribution in [0.25, 0.3) is 0 Å². The minimum atomic E-state index is -0.606. The van der Waals surface area contributed by atoms with Crippen molar-refractivity contribution in [1.29, 1.82) is 0 Å². The smallest absolute Gasteiger partial charge is 0.360 e. The number of nitrogens with two attached hydrogens (primary N) is 1. The molecule has 4 N–H and O–H groups in total. The van der Waals surface area contributed by atoms with E-state index in [-0.39, 0.29) is 36.5 Å². The van der Waals surface area contributed by atoms with E-state index in [1.807, 2.05) is 0 Å². The Morgan fingerprint density at radius 3 is 2.79 bits per heavy atom. The van der Waals surface area contributed by atoms with Gasteiger partial charge in [-0.3, -0.25) is 0 Å². The second-order valence-electron chi connectivity index (χ2n) is 6.15. The van der Waals surface area contributed by atoms with Crippen molar-refractivity contribution < 1.29 is 24.6 Å². The largest absolute Gasteiger partial charge is 0.508 e. The van der Waals surface area contributed by atoms with Crippen molar-refractivity contribution in [2.75, 3.05) is 6.61 Å². The Bertz CT molecular complexity index is 603. The highest BCUT2D eigenvalue weighted by Gasteiger charge is 2.22. The molecule has 0 heterocycles. The van der Waals surface area contributed by atoms with E-state index in [9.17, 15) is 15.0 Å². The highest BCUT2D eigenvalue weighted by atomic mass is 16.7. The van der Waals surface area contributed by atoms with Crippen molar-refractivity contribution in [3.8, 4) is 11.5 Å². The first-order valence-electron chi connectivity index (χ1n) is 8.10. The number of phenolic OH excluding ortho intramolecular Hbond substituents is 2. The highest BCUT2D eigenvalue weighted by molar-refractivity contribution is 5.83. The third-order valence-electron chi connectivity index (χ3n) is 4.15. The molecule has 7 heteroatoms. The van der Waals surface area contributed by atoms with E-state index >= 15 is 0 Å². The number of nitrogens with zero attached hydrogens (tertiary/aromatic N) is 1. The van der Waals surface area contributed by atoms with Gasteiger partial charge in [0.1, 0.15) is 23.9 Å². The van der Waals surface area contributed by atoms with E-state index in [4.69, 9.17) is 15.3 Å². The molecule has 0 saturated heterocycles. The Morgan fingerprint density at radius 1 is 1.33 bits per heavy atom. The molecule has 7 nitrogen and oxygen atoms in total. The van der Waals surface area contributed by atoms with Gasteiger partial charge in [-0.1, -0.05) is 31.0 Å². The summed E-state index contributed by atoms with van der Waals surface area (Å²) in [6.07, 6.45) is 4.57. The molecule has 2 rings (SSSR count). The quantitative estimate of drug-likeness (QED) is 0.317. The molecule has 2 unspecified atom stereocenters. The van der Waals surface area contributed by atoms with Crippen molar-refractivity contribution in [3.63, 3.8) is 0 Å². The van der Waals surface area contributed by atoms with Gasteiger partial charge >= 0.3 is 5.97 Å². The third-order valence-corrected chi connectivity index (χ3v) is 4.15. The molecular formula is C17H24N2O5. The van der Waals surface area contributed by atoms with Gasteiger partial charge in [0.2, 0.25) is 0 Å². The van der Waals surface area contributed by atoms with E-state index in [2.05, 4.69) is 12.1 Å². The highest BCUT2D eigenvalue weighted by Crippen LogP contribution is 2.26. The molecule has 0 radical (unpaired) electrons. The summed E-state index contributed by atoms with van der Waals surface area (Å²) in [4.78, 5) is 16.4. The number of ether oxygens (including phenoxy) is 1. The predicted molar refractivity (Wildman–Crippen MR) is 88.6 cm³/mol. The first kappa shape index (κ1) is 18.1. The number of rotatable bonds is 6. The molecule has 1 fully saturated rings. The Balaban J connectivity index is 1.77. The topological polar surface area (TPSA) is 114 Å². The van der Waals surface area contributed by atoms with Crippen molar-refractivity contribution >= 4 is 11.8 Å². The van der Waals surface area contributed by atoms with Gasteiger partial charge in [0.05, 0.1) is 6.10 Å². The lowest BCUT2D eigenvalue weighted by molar-refractivity contribution is -0.152. The van der Waals surface area contributed by atoms with Gasteiger partial charge in [-0.15, -0.1) is 0 Å². The van der Waals surface area contributed by atoms with E-state index in [1.165, 1.54) is 24.6 Å². The number of aromatic hydroxyl groups is 2. The second kappa shape index (κ2) is 8.54. The SMILES string of the molecule is CC1CCCCC1OCC(=O)O/N=C(\N)Cc1ccc(O)cc1O. The second-order valence-corrected chi connectivity index (χ2v) is 6.15. The van der Waals surface area contributed by atoms with Crippen molar-refractivity contribution in [3.05, 3.63) is 23.8 Å². The average molecular weight is 336 g/mol. The van der Waals surface area contributed by atoms with Crippen LogP contribution in [0.3, 0.4) is 0 Å². The summed E-state index contributed by atoms with van der Waals surface area (Å²) in [5.74, 6) is -0.278. The van der Waals surface area contributed by atoms with Crippen molar-refractivity contribution in [2.24, 2.45) is 16.8 Å². The maximum atomic E-state index is 11.7. The maximum Gasteiger partial charge on any atom is 0.360 e. The molecule has 0 amide bonds. The maximum absolute atomic E-state index is 11.7. The number of carbonyl (C=O) groups is 1. The summed E-state index contributed by atoms with van der Waals surface area (Å²) in [5, 5.41) is 22.5. The molecule has 0 spiro atoms. The molecule has 1 saturated carbocycles. The fourth-order valence-corrected chi connectivity index (χ4v) is 2.77. The van der Waals surface area contributed by atoms with Gasteiger partial charge in [0.15, 0.2) is 0 Å². The van der Waals surface area contributed by atoms with Crippen molar-refractivity contribution in [2.45, 2.75) is 45.1 Å². The lowest BCUT2D eigenvalue weighted by Crippen LogP contribution is -2.28. The fraction of sp³-hybridized carbons (Fsp3) is 0.529. The van der Waals surface area contributed by atoms with E-state index in [0.717, 1.165) is 19.3 Å². The van der Waals surface area contributed by atoms with Gasteiger partial charge in [0.25, 0.3) is 0 Å². The summed E-state index contributed by atoms with van der Waals surface area (Å²) < 4.78 is 5.59. The molecule has 1 aliphatic rings. The molecule has 0 aromatic heterocycles. The standard InChI is InChI=1S/C17H24N2O5/c1-11-4-2-3-5-15(11)23-10-17(22)24-19-16(18)8-12-6-7-13(20)9-14(12)21/h6-7,9,11,15,20-21H,2-5,8,10H2,1H3,(H2,18,19). The lowest BCUT2D eigenvalue weighted by Gasteiger charge is -2.28. The van der Waals surface area contributed by atoms with Crippen LogP contribution in [0.4, 0.5) is 0 Å². The minimum Gasteiger partial charge on any atom is -0.508 e.